The molecule has 2 unspecified atom stereocenters. The molecule has 3 N–H and O–H groups in total. The topological polar surface area (TPSA) is 99.8 Å². The monoisotopic (exact) mass is 594 g/mol. The van der Waals surface area contributed by atoms with Crippen LogP contribution in [0.4, 0.5) is 16.2 Å². The van der Waals surface area contributed by atoms with Gasteiger partial charge in [0.2, 0.25) is 5.91 Å². The van der Waals surface area contributed by atoms with E-state index >= 15 is 0 Å². The third-order valence-electron chi connectivity index (χ3n) is 7.85. The van der Waals surface area contributed by atoms with E-state index in [9.17, 15) is 14.4 Å². The highest BCUT2D eigenvalue weighted by molar-refractivity contribution is 6.06. The van der Waals surface area contributed by atoms with E-state index in [1.165, 1.54) is 31.4 Å². The molecule has 0 spiro atoms. The highest BCUT2D eigenvalue weighted by atomic mass is 16.6. The number of amides is 3. The predicted molar refractivity (Wildman–Crippen MR) is 175 cm³/mol. The Morgan fingerprint density at radius 1 is 0.909 bits per heavy atom. The van der Waals surface area contributed by atoms with Crippen LogP contribution >= 0.6 is 0 Å². The zero-order valence-corrected chi connectivity index (χ0v) is 25.9. The first kappa shape index (κ1) is 31.0. The maximum atomic E-state index is 12.9. The van der Waals surface area contributed by atoms with Crippen molar-refractivity contribution < 1.29 is 19.1 Å². The Morgan fingerprint density at radius 3 is 2.20 bits per heavy atom. The normalized spacial score (nSPS) is 17.8. The molecule has 0 heterocycles. The summed E-state index contributed by atoms with van der Waals surface area (Å²) >= 11 is 0. The van der Waals surface area contributed by atoms with Crippen LogP contribution in [0.3, 0.4) is 0 Å². The molecule has 0 aromatic heterocycles. The summed E-state index contributed by atoms with van der Waals surface area (Å²) in [7, 11) is 2.25. The molecule has 2 atom stereocenters. The highest BCUT2D eigenvalue weighted by Crippen LogP contribution is 2.45. The van der Waals surface area contributed by atoms with E-state index in [-0.39, 0.29) is 11.8 Å². The molecule has 3 aromatic carbocycles. The number of benzene rings is 3. The van der Waals surface area contributed by atoms with Gasteiger partial charge in [-0.3, -0.25) is 14.9 Å². The first-order chi connectivity index (χ1) is 21.0. The Kier molecular flexibility index (Phi) is 9.49. The number of hydrogen-bond donors (Lipinski definition) is 3. The molecular weight excluding hydrogens is 552 g/mol. The molecule has 2 saturated carbocycles. The Hall–Kier alpha value is -4.43. The lowest BCUT2D eigenvalue weighted by molar-refractivity contribution is -0.116. The van der Waals surface area contributed by atoms with E-state index in [1.54, 1.807) is 75.4 Å². The van der Waals surface area contributed by atoms with Crippen molar-refractivity contribution in [3.05, 3.63) is 101 Å². The number of carbonyl (C=O) groups excluding carboxylic acids is 3. The zero-order chi connectivity index (χ0) is 31.3. The van der Waals surface area contributed by atoms with Crippen molar-refractivity contribution in [3.8, 4) is 0 Å². The van der Waals surface area contributed by atoms with Gasteiger partial charge in [-0.05, 0) is 100 Å². The first-order valence-corrected chi connectivity index (χ1v) is 15.3. The summed E-state index contributed by atoms with van der Waals surface area (Å²) in [4.78, 5) is 40.1. The number of ether oxygens (including phenoxy) is 1. The molecule has 230 valence electrons. The number of likely N-dealkylation sites (N-methyl/N-ethyl adjacent to an activating group) is 1. The van der Waals surface area contributed by atoms with Gasteiger partial charge < -0.3 is 20.3 Å². The van der Waals surface area contributed by atoms with Crippen molar-refractivity contribution in [2.45, 2.75) is 64.1 Å². The molecule has 2 aliphatic rings. The second kappa shape index (κ2) is 13.5. The lowest BCUT2D eigenvalue weighted by atomic mass is 10.1. The van der Waals surface area contributed by atoms with Crippen LogP contribution in [0.5, 0.6) is 0 Å². The number of hydrogen-bond acceptors (Lipinski definition) is 5. The summed E-state index contributed by atoms with van der Waals surface area (Å²) < 4.78 is 5.31. The number of para-hydroxylation sites is 2. The summed E-state index contributed by atoms with van der Waals surface area (Å²) in [6.07, 6.45) is 6.77. The third kappa shape index (κ3) is 9.04. The van der Waals surface area contributed by atoms with Crippen LogP contribution in [0.25, 0.3) is 6.08 Å². The van der Waals surface area contributed by atoms with Crippen LogP contribution in [-0.4, -0.2) is 48.0 Å². The second-order valence-electron chi connectivity index (χ2n) is 12.8. The fourth-order valence-corrected chi connectivity index (χ4v) is 5.23. The van der Waals surface area contributed by atoms with Crippen molar-refractivity contribution in [2.75, 3.05) is 24.2 Å². The molecule has 0 radical (unpaired) electrons. The van der Waals surface area contributed by atoms with Crippen molar-refractivity contribution >= 4 is 35.4 Å². The van der Waals surface area contributed by atoms with Gasteiger partial charge in [0.1, 0.15) is 5.60 Å². The minimum Gasteiger partial charge on any atom is -0.444 e. The highest BCUT2D eigenvalue weighted by Gasteiger charge is 2.42. The molecule has 0 aliphatic heterocycles. The predicted octanol–water partition coefficient (Wildman–Crippen LogP) is 6.81. The average Bonchev–Trinajstić information content (AvgIpc) is 3.91. The lowest BCUT2D eigenvalue weighted by Gasteiger charge is -2.20. The smallest absolute Gasteiger partial charge is 0.412 e. The molecule has 44 heavy (non-hydrogen) atoms. The summed E-state index contributed by atoms with van der Waals surface area (Å²) in [6, 6.07) is 23.1. The van der Waals surface area contributed by atoms with E-state index < -0.39 is 11.7 Å². The van der Waals surface area contributed by atoms with E-state index in [1.807, 2.05) is 6.08 Å². The van der Waals surface area contributed by atoms with Gasteiger partial charge in [0.05, 0.1) is 11.4 Å². The minimum atomic E-state index is -0.641. The van der Waals surface area contributed by atoms with Crippen molar-refractivity contribution in [3.63, 3.8) is 0 Å². The number of nitrogens with zero attached hydrogens (tertiary/aromatic N) is 1. The van der Waals surface area contributed by atoms with Gasteiger partial charge in [0, 0.05) is 36.7 Å². The van der Waals surface area contributed by atoms with Gasteiger partial charge in [-0.2, -0.15) is 0 Å². The molecular formula is C36H42N4O4. The maximum Gasteiger partial charge on any atom is 0.412 e. The van der Waals surface area contributed by atoms with Gasteiger partial charge in [-0.1, -0.05) is 48.5 Å². The second-order valence-corrected chi connectivity index (χ2v) is 12.8. The molecule has 0 saturated heterocycles. The third-order valence-corrected chi connectivity index (χ3v) is 7.85. The Bertz CT molecular complexity index is 1500. The molecule has 0 bridgehead atoms. The van der Waals surface area contributed by atoms with Gasteiger partial charge in [0.25, 0.3) is 5.91 Å². The fourth-order valence-electron chi connectivity index (χ4n) is 5.23. The molecule has 8 heteroatoms. The van der Waals surface area contributed by atoms with Crippen LogP contribution in [-0.2, 0) is 16.1 Å². The van der Waals surface area contributed by atoms with Crippen LogP contribution in [0, 0.1) is 5.92 Å². The summed E-state index contributed by atoms with van der Waals surface area (Å²) in [5, 5.41) is 8.41. The van der Waals surface area contributed by atoms with Crippen LogP contribution in [0.1, 0.15) is 73.0 Å². The van der Waals surface area contributed by atoms with Crippen molar-refractivity contribution in [1.29, 1.82) is 0 Å². The fraction of sp³-hybridized carbons (Fsp3) is 0.361. The average molecular weight is 595 g/mol. The van der Waals surface area contributed by atoms with Gasteiger partial charge in [0.15, 0.2) is 0 Å². The number of carbonyl (C=O) groups is 3. The molecule has 3 amide bonds. The summed E-state index contributed by atoms with van der Waals surface area (Å²) in [5.41, 5.74) is 3.92. The first-order valence-electron chi connectivity index (χ1n) is 15.3. The summed E-state index contributed by atoms with van der Waals surface area (Å²) in [5.74, 6) is 1.02. The number of rotatable bonds is 11. The van der Waals surface area contributed by atoms with Crippen molar-refractivity contribution in [1.82, 2.24) is 10.2 Å². The van der Waals surface area contributed by atoms with Crippen LogP contribution < -0.4 is 16.0 Å². The van der Waals surface area contributed by atoms with Crippen LogP contribution in [0.2, 0.25) is 0 Å². The lowest BCUT2D eigenvalue weighted by Crippen LogP contribution is -2.27. The van der Waals surface area contributed by atoms with Gasteiger partial charge in [-0.15, -0.1) is 0 Å². The summed E-state index contributed by atoms with van der Waals surface area (Å²) in [6.45, 7) is 6.91. The zero-order valence-electron chi connectivity index (χ0n) is 25.9. The van der Waals surface area contributed by atoms with E-state index in [4.69, 9.17) is 4.74 Å². The Morgan fingerprint density at radius 2 is 1.57 bits per heavy atom. The number of anilines is 2. The van der Waals surface area contributed by atoms with Crippen molar-refractivity contribution in [2.24, 2.45) is 5.92 Å². The molecule has 5 rings (SSSR count). The molecule has 8 nitrogen and oxygen atoms in total. The maximum absolute atomic E-state index is 12.9. The Balaban J connectivity index is 1.07. The van der Waals surface area contributed by atoms with Gasteiger partial charge in [-0.25, -0.2) is 4.79 Å². The molecule has 2 fully saturated rings. The van der Waals surface area contributed by atoms with E-state index in [0.29, 0.717) is 35.4 Å². The van der Waals surface area contributed by atoms with Crippen LogP contribution in [0.15, 0.2) is 78.9 Å². The minimum absolute atomic E-state index is 0.186. The standard InChI is InChI=1S/C36H42N4O4/c1-36(2,3)44-35(43)39-31-8-6-5-7-30(31)38-34(42)28-18-13-25(14-19-28)22-37-33(41)20-15-24-11-16-27(17-12-24)29-21-32(29)40(4)23-26-9-10-26/h5-8,11-20,26,29,32H,9-10,21-23H2,1-4H3,(H,37,41)(H,38,42)(H,39,43)/b20-15+. The van der Waals surface area contributed by atoms with E-state index in [0.717, 1.165) is 17.0 Å². The number of nitrogens with one attached hydrogen (secondary N) is 3. The van der Waals surface area contributed by atoms with Gasteiger partial charge >= 0.3 is 6.09 Å². The molecule has 3 aromatic rings. The largest absolute Gasteiger partial charge is 0.444 e. The molecule has 2 aliphatic carbocycles. The SMILES string of the molecule is CN(CC1CC1)C1CC1c1ccc(/C=C/C(=O)NCc2ccc(C(=O)Nc3ccccc3NC(=O)OC(C)(C)C)cc2)cc1. The quantitative estimate of drug-likeness (QED) is 0.212. The Labute approximate surface area is 259 Å². The van der Waals surface area contributed by atoms with E-state index in [2.05, 4.69) is 52.2 Å².